The van der Waals surface area contributed by atoms with Crippen molar-refractivity contribution in [2.45, 2.75) is 45.8 Å². The molecule has 166 valence electrons. The number of aryl methyl sites for hydroxylation is 3. The summed E-state index contributed by atoms with van der Waals surface area (Å²) in [5, 5.41) is 7.16. The van der Waals surface area contributed by atoms with Crippen molar-refractivity contribution in [3.8, 4) is 0 Å². The van der Waals surface area contributed by atoms with Gasteiger partial charge in [0.2, 0.25) is 5.91 Å². The molecule has 3 heterocycles. The third-order valence-electron chi connectivity index (χ3n) is 5.95. The number of benzene rings is 1. The second-order valence-electron chi connectivity index (χ2n) is 8.16. The second kappa shape index (κ2) is 9.53. The largest absolute Gasteiger partial charge is 0.352 e. The Labute approximate surface area is 194 Å². The van der Waals surface area contributed by atoms with Crippen molar-refractivity contribution < 1.29 is 4.79 Å². The van der Waals surface area contributed by atoms with Crippen molar-refractivity contribution >= 4 is 28.9 Å². The van der Waals surface area contributed by atoms with E-state index in [1.165, 1.54) is 0 Å². The Morgan fingerprint density at radius 3 is 2.78 bits per heavy atom. The summed E-state index contributed by atoms with van der Waals surface area (Å²) < 4.78 is 2.22. The Hall–Kier alpha value is -3.19. The molecule has 1 aliphatic heterocycles. The van der Waals surface area contributed by atoms with Crippen molar-refractivity contribution in [2.24, 2.45) is 0 Å². The Balaban J connectivity index is 1.55. The van der Waals surface area contributed by atoms with Gasteiger partial charge in [0, 0.05) is 43.3 Å². The first-order chi connectivity index (χ1) is 15.5. The standard InChI is InChI=1S/C25H29N5OS/c1-4-29-14-7-9-21(29)24-23(19-8-5-6-13-26-19)28-25(32)30(24)15-12-22(31)27-20-16-17(2)10-11-18(20)3/h5-11,13-14,16,23-24H,4,12,15H2,1-3H3,(H,27,31)(H,28,32). The summed E-state index contributed by atoms with van der Waals surface area (Å²) in [5.41, 5.74) is 5.13. The van der Waals surface area contributed by atoms with Gasteiger partial charge in [-0.25, -0.2) is 0 Å². The van der Waals surface area contributed by atoms with Crippen LogP contribution in [-0.4, -0.2) is 32.0 Å². The van der Waals surface area contributed by atoms with E-state index in [4.69, 9.17) is 12.2 Å². The Morgan fingerprint density at radius 1 is 1.19 bits per heavy atom. The van der Waals surface area contributed by atoms with Gasteiger partial charge in [0.05, 0.1) is 17.8 Å². The average molecular weight is 448 g/mol. The van der Waals surface area contributed by atoms with E-state index in [1.807, 2.05) is 50.2 Å². The summed E-state index contributed by atoms with van der Waals surface area (Å²) in [7, 11) is 0. The van der Waals surface area contributed by atoms with E-state index < -0.39 is 0 Å². The molecule has 0 aliphatic carbocycles. The number of hydrogen-bond donors (Lipinski definition) is 2. The van der Waals surface area contributed by atoms with Crippen LogP contribution in [0.15, 0.2) is 60.9 Å². The molecule has 1 fully saturated rings. The zero-order valence-corrected chi connectivity index (χ0v) is 19.5. The molecule has 0 saturated carbocycles. The molecule has 4 rings (SSSR count). The molecule has 0 radical (unpaired) electrons. The van der Waals surface area contributed by atoms with Gasteiger partial charge in [0.15, 0.2) is 5.11 Å². The van der Waals surface area contributed by atoms with Gasteiger partial charge in [-0.3, -0.25) is 9.78 Å². The minimum atomic E-state index is -0.0778. The van der Waals surface area contributed by atoms with E-state index in [1.54, 1.807) is 6.20 Å². The van der Waals surface area contributed by atoms with E-state index in [0.29, 0.717) is 18.1 Å². The molecular weight excluding hydrogens is 418 g/mol. The van der Waals surface area contributed by atoms with Gasteiger partial charge in [0.1, 0.15) is 0 Å². The lowest BCUT2D eigenvalue weighted by Gasteiger charge is -2.28. The molecule has 1 amide bonds. The van der Waals surface area contributed by atoms with Gasteiger partial charge in [-0.2, -0.15) is 0 Å². The van der Waals surface area contributed by atoms with Crippen LogP contribution in [0, 0.1) is 13.8 Å². The summed E-state index contributed by atoms with van der Waals surface area (Å²) >= 11 is 5.71. The van der Waals surface area contributed by atoms with Crippen LogP contribution >= 0.6 is 12.2 Å². The van der Waals surface area contributed by atoms with E-state index in [-0.39, 0.29) is 18.0 Å². The number of carbonyl (C=O) groups is 1. The number of pyridine rings is 1. The van der Waals surface area contributed by atoms with Crippen LogP contribution in [0.3, 0.4) is 0 Å². The highest BCUT2D eigenvalue weighted by Gasteiger charge is 2.40. The van der Waals surface area contributed by atoms with Crippen molar-refractivity contribution in [1.29, 1.82) is 0 Å². The zero-order valence-electron chi connectivity index (χ0n) is 18.7. The quantitative estimate of drug-likeness (QED) is 0.522. The van der Waals surface area contributed by atoms with Crippen molar-refractivity contribution in [2.75, 3.05) is 11.9 Å². The molecule has 0 bridgehead atoms. The first kappa shape index (κ1) is 22.0. The fourth-order valence-electron chi connectivity index (χ4n) is 4.26. The van der Waals surface area contributed by atoms with Gasteiger partial charge in [-0.05, 0) is 74.4 Å². The number of thiocarbonyl (C=S) groups is 1. The molecule has 2 unspecified atom stereocenters. The number of nitrogens with one attached hydrogen (secondary N) is 2. The molecule has 2 aromatic heterocycles. The first-order valence-corrected chi connectivity index (χ1v) is 11.4. The van der Waals surface area contributed by atoms with Crippen LogP contribution < -0.4 is 10.6 Å². The minimum Gasteiger partial charge on any atom is -0.352 e. The van der Waals surface area contributed by atoms with E-state index in [2.05, 4.69) is 50.3 Å². The monoisotopic (exact) mass is 447 g/mol. The lowest BCUT2D eigenvalue weighted by molar-refractivity contribution is -0.116. The third kappa shape index (κ3) is 4.53. The molecule has 1 aromatic carbocycles. The predicted octanol–water partition coefficient (Wildman–Crippen LogP) is 4.52. The third-order valence-corrected chi connectivity index (χ3v) is 6.31. The molecule has 1 aliphatic rings. The van der Waals surface area contributed by atoms with Gasteiger partial charge in [-0.15, -0.1) is 0 Å². The molecule has 1 saturated heterocycles. The number of nitrogens with zero attached hydrogens (tertiary/aromatic N) is 3. The van der Waals surface area contributed by atoms with Crippen LogP contribution in [0.4, 0.5) is 5.69 Å². The van der Waals surface area contributed by atoms with E-state index >= 15 is 0 Å². The number of carbonyl (C=O) groups excluding carboxylic acids is 1. The Bertz CT molecular complexity index is 1110. The number of amides is 1. The van der Waals surface area contributed by atoms with Gasteiger partial charge in [-0.1, -0.05) is 18.2 Å². The summed E-state index contributed by atoms with van der Waals surface area (Å²) in [6, 6.07) is 16.1. The fourth-order valence-corrected chi connectivity index (χ4v) is 4.59. The smallest absolute Gasteiger partial charge is 0.226 e. The maximum atomic E-state index is 12.8. The molecule has 32 heavy (non-hydrogen) atoms. The number of anilines is 1. The molecule has 2 N–H and O–H groups in total. The maximum absolute atomic E-state index is 12.8. The first-order valence-electron chi connectivity index (χ1n) is 11.0. The van der Waals surface area contributed by atoms with Gasteiger partial charge < -0.3 is 20.1 Å². The molecule has 0 spiro atoms. The van der Waals surface area contributed by atoms with Crippen LogP contribution in [0.25, 0.3) is 0 Å². The molecule has 6 nitrogen and oxygen atoms in total. The minimum absolute atomic E-state index is 0.0209. The van der Waals surface area contributed by atoms with Gasteiger partial charge >= 0.3 is 0 Å². The summed E-state index contributed by atoms with van der Waals surface area (Å²) in [5.74, 6) is -0.0209. The predicted molar refractivity (Wildman–Crippen MR) is 131 cm³/mol. The van der Waals surface area contributed by atoms with Crippen LogP contribution in [-0.2, 0) is 11.3 Å². The molecule has 3 aromatic rings. The highest BCUT2D eigenvalue weighted by molar-refractivity contribution is 7.80. The highest BCUT2D eigenvalue weighted by atomic mass is 32.1. The maximum Gasteiger partial charge on any atom is 0.226 e. The summed E-state index contributed by atoms with van der Waals surface area (Å²) in [4.78, 5) is 19.5. The summed E-state index contributed by atoms with van der Waals surface area (Å²) in [6.07, 6.45) is 4.22. The molecule has 7 heteroatoms. The van der Waals surface area contributed by atoms with Crippen LogP contribution in [0.2, 0.25) is 0 Å². The normalized spacial score (nSPS) is 18.0. The van der Waals surface area contributed by atoms with Crippen molar-refractivity contribution in [3.05, 3.63) is 83.4 Å². The number of hydrogen-bond acceptors (Lipinski definition) is 3. The number of aromatic nitrogens is 2. The SMILES string of the molecule is CCn1cccc1C1C(c2ccccn2)NC(=S)N1CCC(=O)Nc1cc(C)ccc1C. The summed E-state index contributed by atoms with van der Waals surface area (Å²) in [6.45, 7) is 7.53. The Kier molecular flexibility index (Phi) is 6.55. The Morgan fingerprint density at radius 2 is 2.03 bits per heavy atom. The lowest BCUT2D eigenvalue weighted by Crippen LogP contribution is -2.33. The van der Waals surface area contributed by atoms with E-state index in [0.717, 1.165) is 34.7 Å². The van der Waals surface area contributed by atoms with Crippen molar-refractivity contribution in [3.63, 3.8) is 0 Å². The topological polar surface area (TPSA) is 62.2 Å². The fraction of sp³-hybridized carbons (Fsp3) is 0.320. The second-order valence-corrected chi connectivity index (χ2v) is 8.54. The average Bonchev–Trinajstić information content (AvgIpc) is 3.39. The van der Waals surface area contributed by atoms with Gasteiger partial charge in [0.25, 0.3) is 0 Å². The van der Waals surface area contributed by atoms with Crippen LogP contribution in [0.1, 0.15) is 47.9 Å². The van der Waals surface area contributed by atoms with E-state index in [9.17, 15) is 4.79 Å². The molecular formula is C25H29N5OS. The van der Waals surface area contributed by atoms with Crippen molar-refractivity contribution in [1.82, 2.24) is 19.8 Å². The zero-order chi connectivity index (χ0) is 22.7. The molecule has 2 atom stereocenters. The highest BCUT2D eigenvalue weighted by Crippen LogP contribution is 2.38. The van der Waals surface area contributed by atoms with Crippen LogP contribution in [0.5, 0.6) is 0 Å². The lowest BCUT2D eigenvalue weighted by atomic mass is 10.0. The number of rotatable bonds is 7.